The predicted molar refractivity (Wildman–Crippen MR) is 84.6 cm³/mol. The Labute approximate surface area is 126 Å². The lowest BCUT2D eigenvalue weighted by molar-refractivity contribution is 0.273. The van der Waals surface area contributed by atoms with Gasteiger partial charge in [-0.3, -0.25) is 9.89 Å². The second kappa shape index (κ2) is 6.35. The lowest BCUT2D eigenvalue weighted by Crippen LogP contribution is -2.38. The van der Waals surface area contributed by atoms with Gasteiger partial charge < -0.3 is 15.8 Å². The van der Waals surface area contributed by atoms with Crippen molar-refractivity contribution in [1.29, 1.82) is 0 Å². The summed E-state index contributed by atoms with van der Waals surface area (Å²) in [7, 11) is 0. The van der Waals surface area contributed by atoms with E-state index in [1.165, 1.54) is 19.4 Å². The molecule has 3 rings (SSSR count). The van der Waals surface area contributed by atoms with Crippen LogP contribution in [0.5, 0.6) is 5.75 Å². The minimum atomic E-state index is 0.107. The molecule has 2 unspecified atom stereocenters. The van der Waals surface area contributed by atoms with Gasteiger partial charge in [0.1, 0.15) is 12.4 Å². The fourth-order valence-electron chi connectivity index (χ4n) is 3.23. The molecule has 0 aromatic heterocycles. The average molecular weight is 288 g/mol. The molecule has 0 spiro atoms. The van der Waals surface area contributed by atoms with Gasteiger partial charge in [0, 0.05) is 11.6 Å². The van der Waals surface area contributed by atoms with E-state index in [1.54, 1.807) is 0 Å². The molecule has 0 radical (unpaired) electrons. The number of nitrogens with one attached hydrogen (secondary N) is 1. The van der Waals surface area contributed by atoms with E-state index in [0.717, 1.165) is 24.4 Å². The largest absolute Gasteiger partial charge is 0.491 e. The van der Waals surface area contributed by atoms with Crippen molar-refractivity contribution in [1.82, 2.24) is 10.2 Å². The highest BCUT2D eigenvalue weighted by atomic mass is 16.5. The summed E-state index contributed by atoms with van der Waals surface area (Å²) in [5.74, 6) is 1.46. The van der Waals surface area contributed by atoms with Gasteiger partial charge in [-0.15, -0.1) is 0 Å². The van der Waals surface area contributed by atoms with Gasteiger partial charge in [-0.05, 0) is 32.0 Å². The zero-order valence-electron chi connectivity index (χ0n) is 12.6. The molecule has 0 aliphatic carbocycles. The molecule has 2 atom stereocenters. The van der Waals surface area contributed by atoms with Gasteiger partial charge in [0.05, 0.1) is 12.6 Å². The molecular weight excluding hydrogens is 264 g/mol. The zero-order valence-corrected chi connectivity index (χ0v) is 12.6. The van der Waals surface area contributed by atoms with Gasteiger partial charge >= 0.3 is 0 Å². The van der Waals surface area contributed by atoms with E-state index in [-0.39, 0.29) is 6.04 Å². The lowest BCUT2D eigenvalue weighted by atomic mass is 10.1. The summed E-state index contributed by atoms with van der Waals surface area (Å²) in [5.41, 5.74) is 7.20. The maximum atomic E-state index is 6.04. The first kappa shape index (κ1) is 14.2. The van der Waals surface area contributed by atoms with E-state index < -0.39 is 0 Å². The van der Waals surface area contributed by atoms with Gasteiger partial charge in [0.15, 0.2) is 5.96 Å². The van der Waals surface area contributed by atoms with E-state index >= 15 is 0 Å². The summed E-state index contributed by atoms with van der Waals surface area (Å²) in [6, 6.07) is 8.72. The van der Waals surface area contributed by atoms with Crippen LogP contribution in [-0.4, -0.2) is 43.1 Å². The molecular formula is C16H24N4O. The lowest BCUT2D eigenvalue weighted by Gasteiger charge is -2.21. The Morgan fingerprint density at radius 3 is 3.19 bits per heavy atom. The molecule has 2 aliphatic heterocycles. The van der Waals surface area contributed by atoms with Crippen LogP contribution in [0.2, 0.25) is 0 Å². The van der Waals surface area contributed by atoms with Gasteiger partial charge in [-0.25, -0.2) is 0 Å². The molecule has 3 N–H and O–H groups in total. The number of likely N-dealkylation sites (N-methyl/N-ethyl adjacent to an activating group) is 1. The van der Waals surface area contributed by atoms with E-state index in [4.69, 9.17) is 10.5 Å². The number of nitrogens with zero attached hydrogens (tertiary/aromatic N) is 2. The standard InChI is InChI=1S/C16H24N4O/c1-2-20-9-5-6-12(20)10-18-16(17)19-14-11-21-15-8-4-3-7-13(14)15/h3-4,7-8,12,14H,2,5-6,9-11H2,1H3,(H3,17,18,19). The smallest absolute Gasteiger partial charge is 0.189 e. The number of para-hydroxylation sites is 1. The zero-order chi connectivity index (χ0) is 14.7. The topological polar surface area (TPSA) is 62.9 Å². The van der Waals surface area contributed by atoms with E-state index in [1.807, 2.05) is 18.2 Å². The number of fused-ring (bicyclic) bond motifs is 1. The Bertz CT molecular complexity index is 517. The third-order valence-corrected chi connectivity index (χ3v) is 4.40. The molecule has 5 heteroatoms. The number of nitrogens with two attached hydrogens (primary N) is 1. The molecule has 1 aromatic rings. The predicted octanol–water partition coefficient (Wildman–Crippen LogP) is 1.51. The van der Waals surface area contributed by atoms with Crippen molar-refractivity contribution in [3.8, 4) is 5.75 Å². The van der Waals surface area contributed by atoms with Crippen molar-refractivity contribution in [2.45, 2.75) is 31.8 Å². The second-order valence-corrected chi connectivity index (χ2v) is 5.70. The second-order valence-electron chi connectivity index (χ2n) is 5.70. The average Bonchev–Trinajstić information content (AvgIpc) is 3.12. The Balaban J connectivity index is 1.57. The number of ether oxygens (including phenoxy) is 1. The first-order valence-electron chi connectivity index (χ1n) is 7.80. The summed E-state index contributed by atoms with van der Waals surface area (Å²) >= 11 is 0. The number of guanidine groups is 1. The van der Waals surface area contributed by atoms with Crippen molar-refractivity contribution >= 4 is 5.96 Å². The molecule has 5 nitrogen and oxygen atoms in total. The van der Waals surface area contributed by atoms with Gasteiger partial charge in [-0.1, -0.05) is 25.1 Å². The Hall–Kier alpha value is -1.75. The minimum absolute atomic E-state index is 0.107. The fraction of sp³-hybridized carbons (Fsp3) is 0.562. The van der Waals surface area contributed by atoms with Crippen LogP contribution in [0.4, 0.5) is 0 Å². The number of benzene rings is 1. The van der Waals surface area contributed by atoms with E-state index in [2.05, 4.69) is 28.2 Å². The summed E-state index contributed by atoms with van der Waals surface area (Å²) in [6.45, 7) is 5.88. The monoisotopic (exact) mass is 288 g/mol. The normalized spacial score (nSPS) is 25.7. The van der Waals surface area contributed by atoms with Gasteiger partial charge in [0.2, 0.25) is 0 Å². The molecule has 0 saturated carbocycles. The number of aliphatic imine (C=N–C) groups is 1. The Kier molecular flexibility index (Phi) is 4.29. The molecule has 1 aromatic carbocycles. The van der Waals surface area contributed by atoms with Crippen LogP contribution in [0.1, 0.15) is 31.4 Å². The summed E-state index contributed by atoms with van der Waals surface area (Å²) in [6.07, 6.45) is 2.49. The van der Waals surface area contributed by atoms with Crippen LogP contribution < -0.4 is 15.8 Å². The maximum absolute atomic E-state index is 6.04. The maximum Gasteiger partial charge on any atom is 0.189 e. The van der Waals surface area contributed by atoms with Crippen LogP contribution in [0.3, 0.4) is 0 Å². The number of likely N-dealkylation sites (tertiary alicyclic amines) is 1. The van der Waals surface area contributed by atoms with Crippen LogP contribution >= 0.6 is 0 Å². The molecule has 21 heavy (non-hydrogen) atoms. The van der Waals surface area contributed by atoms with E-state index in [9.17, 15) is 0 Å². The summed E-state index contributed by atoms with van der Waals surface area (Å²) in [4.78, 5) is 7.00. The number of hydrogen-bond donors (Lipinski definition) is 2. The van der Waals surface area contributed by atoms with Gasteiger partial charge in [-0.2, -0.15) is 0 Å². The highest BCUT2D eigenvalue weighted by Crippen LogP contribution is 2.31. The van der Waals surface area contributed by atoms with Crippen LogP contribution in [0.25, 0.3) is 0 Å². The van der Waals surface area contributed by atoms with Crippen LogP contribution in [0.15, 0.2) is 29.3 Å². The molecule has 2 aliphatic rings. The van der Waals surface area contributed by atoms with Crippen LogP contribution in [0, 0.1) is 0 Å². The van der Waals surface area contributed by atoms with Crippen molar-refractivity contribution in [2.24, 2.45) is 10.7 Å². The highest BCUT2D eigenvalue weighted by Gasteiger charge is 2.25. The van der Waals surface area contributed by atoms with E-state index in [0.29, 0.717) is 18.6 Å². The van der Waals surface area contributed by atoms with Crippen molar-refractivity contribution < 1.29 is 4.74 Å². The first-order chi connectivity index (χ1) is 10.3. The third-order valence-electron chi connectivity index (χ3n) is 4.40. The van der Waals surface area contributed by atoms with Crippen molar-refractivity contribution in [3.05, 3.63) is 29.8 Å². The molecule has 1 fully saturated rings. The fourth-order valence-corrected chi connectivity index (χ4v) is 3.23. The molecule has 114 valence electrons. The molecule has 0 bridgehead atoms. The van der Waals surface area contributed by atoms with Gasteiger partial charge in [0.25, 0.3) is 0 Å². The Morgan fingerprint density at radius 1 is 1.48 bits per heavy atom. The molecule has 2 heterocycles. The quantitative estimate of drug-likeness (QED) is 0.651. The van der Waals surface area contributed by atoms with Crippen LogP contribution in [-0.2, 0) is 0 Å². The van der Waals surface area contributed by atoms with Crippen molar-refractivity contribution in [3.63, 3.8) is 0 Å². The summed E-state index contributed by atoms with van der Waals surface area (Å²) in [5, 5.41) is 3.28. The number of hydrogen-bond acceptors (Lipinski definition) is 3. The molecule has 0 amide bonds. The van der Waals surface area contributed by atoms with Crippen molar-refractivity contribution in [2.75, 3.05) is 26.2 Å². The SMILES string of the molecule is CCN1CCCC1CN=C(N)NC1COc2ccccc21. The number of rotatable bonds is 4. The highest BCUT2D eigenvalue weighted by molar-refractivity contribution is 5.78. The first-order valence-corrected chi connectivity index (χ1v) is 7.80. The Morgan fingerprint density at radius 2 is 2.33 bits per heavy atom. The molecule has 1 saturated heterocycles. The minimum Gasteiger partial charge on any atom is -0.491 e. The third kappa shape index (κ3) is 3.13. The summed E-state index contributed by atoms with van der Waals surface area (Å²) < 4.78 is 5.64.